The number of carbonyl (C=O) groups is 1. The van der Waals surface area contributed by atoms with Crippen LogP contribution in [0, 0.1) is 11.2 Å². The average Bonchev–Trinajstić information content (AvgIpc) is 3.19. The van der Waals surface area contributed by atoms with Gasteiger partial charge in [-0.25, -0.2) is 9.18 Å². The number of rotatable bonds is 8. The molecule has 0 aliphatic rings. The van der Waals surface area contributed by atoms with Crippen molar-refractivity contribution in [2.24, 2.45) is 0 Å². The molecule has 1 heterocycles. The fraction of sp³-hybridized carbons (Fsp3) is 0.130. The number of hydrogen-bond donors (Lipinski definition) is 4. The van der Waals surface area contributed by atoms with Crippen LogP contribution in [0.4, 0.5) is 28.9 Å². The highest BCUT2D eigenvalue weighted by molar-refractivity contribution is 5.86. The number of hydrogen-bond acceptors (Lipinski definition) is 3. The highest BCUT2D eigenvalue weighted by Crippen LogP contribution is 2.45. The van der Waals surface area contributed by atoms with Gasteiger partial charge in [-0.05, 0) is 35.9 Å². The summed E-state index contributed by atoms with van der Waals surface area (Å²) in [5.74, 6) is -1.91. The van der Waals surface area contributed by atoms with E-state index in [-0.39, 0.29) is 12.1 Å². The molecule has 0 bridgehead atoms. The SMILES string of the molecule is C=CCn1cc(C(O)(c2ccc([NH2+]c3ccc(F)cc3)c(C=N)c2)C(F)(F)F)cc1C(=O)O. The molecule has 33 heavy (non-hydrogen) atoms. The number of halogens is 4. The number of benzene rings is 2. The van der Waals surface area contributed by atoms with Crippen molar-refractivity contribution in [2.75, 3.05) is 0 Å². The summed E-state index contributed by atoms with van der Waals surface area (Å²) in [6, 6.07) is 9.53. The van der Waals surface area contributed by atoms with Crippen LogP contribution in [0.25, 0.3) is 0 Å². The third kappa shape index (κ3) is 4.57. The molecule has 10 heteroatoms. The summed E-state index contributed by atoms with van der Waals surface area (Å²) in [7, 11) is 0. The number of nitrogens with zero attached hydrogens (tertiary/aromatic N) is 1. The lowest BCUT2D eigenvalue weighted by atomic mass is 9.86. The van der Waals surface area contributed by atoms with Crippen molar-refractivity contribution in [3.63, 3.8) is 0 Å². The van der Waals surface area contributed by atoms with Gasteiger partial charge in [-0.15, -0.1) is 6.58 Å². The first-order valence-corrected chi connectivity index (χ1v) is 9.60. The van der Waals surface area contributed by atoms with Crippen LogP contribution in [0.1, 0.15) is 27.2 Å². The van der Waals surface area contributed by atoms with Crippen molar-refractivity contribution < 1.29 is 37.9 Å². The van der Waals surface area contributed by atoms with Gasteiger partial charge in [-0.2, -0.15) is 13.2 Å². The lowest BCUT2D eigenvalue weighted by Crippen LogP contribution is -2.71. The molecule has 2 aromatic carbocycles. The lowest BCUT2D eigenvalue weighted by molar-refractivity contribution is -0.478. The fourth-order valence-electron chi connectivity index (χ4n) is 3.47. The zero-order valence-electron chi connectivity index (χ0n) is 17.1. The molecule has 1 aromatic heterocycles. The van der Waals surface area contributed by atoms with Gasteiger partial charge in [0.05, 0.1) is 5.56 Å². The zero-order valence-corrected chi connectivity index (χ0v) is 17.1. The maximum Gasteiger partial charge on any atom is 0.425 e. The zero-order chi connectivity index (χ0) is 24.4. The first-order valence-electron chi connectivity index (χ1n) is 9.60. The Labute approximate surface area is 185 Å². The topological polar surface area (TPSA) is 103 Å². The van der Waals surface area contributed by atoms with Gasteiger partial charge >= 0.3 is 12.1 Å². The molecule has 0 amide bonds. The minimum Gasteiger partial charge on any atom is -0.477 e. The van der Waals surface area contributed by atoms with Crippen LogP contribution >= 0.6 is 0 Å². The van der Waals surface area contributed by atoms with Crippen LogP contribution in [-0.4, -0.2) is 33.1 Å². The molecule has 6 nitrogen and oxygen atoms in total. The summed E-state index contributed by atoms with van der Waals surface area (Å²) in [4.78, 5) is 11.5. The summed E-state index contributed by atoms with van der Waals surface area (Å²) in [5, 5.41) is 29.5. The number of alkyl halides is 3. The Morgan fingerprint density at radius 3 is 2.33 bits per heavy atom. The van der Waals surface area contributed by atoms with Gasteiger partial charge in [0, 0.05) is 42.7 Å². The molecule has 0 radical (unpaired) electrons. The van der Waals surface area contributed by atoms with Crippen molar-refractivity contribution in [3.05, 3.63) is 95.6 Å². The summed E-state index contributed by atoms with van der Waals surface area (Å²) in [5.41, 5.74) is -4.23. The van der Waals surface area contributed by atoms with Crippen LogP contribution in [0.15, 0.2) is 67.4 Å². The van der Waals surface area contributed by atoms with Gasteiger partial charge in [0.2, 0.25) is 5.60 Å². The second-order valence-corrected chi connectivity index (χ2v) is 7.25. The Bertz CT molecular complexity index is 1200. The van der Waals surface area contributed by atoms with E-state index in [1.54, 1.807) is 5.32 Å². The number of carboxylic acids is 1. The van der Waals surface area contributed by atoms with Crippen molar-refractivity contribution in [1.82, 2.24) is 4.57 Å². The molecule has 0 saturated carbocycles. The van der Waals surface area contributed by atoms with Crippen molar-refractivity contribution >= 4 is 23.6 Å². The van der Waals surface area contributed by atoms with Crippen LogP contribution in [0.5, 0.6) is 0 Å². The van der Waals surface area contributed by atoms with Gasteiger partial charge in [-0.3, -0.25) is 5.32 Å². The van der Waals surface area contributed by atoms with E-state index in [0.717, 1.165) is 35.2 Å². The monoisotopic (exact) mass is 462 g/mol. The summed E-state index contributed by atoms with van der Waals surface area (Å²) in [6.45, 7) is 3.38. The Morgan fingerprint density at radius 2 is 1.79 bits per heavy atom. The van der Waals surface area contributed by atoms with E-state index in [9.17, 15) is 32.6 Å². The molecule has 1 atom stereocenters. The van der Waals surface area contributed by atoms with E-state index in [0.29, 0.717) is 11.4 Å². The number of carboxylic acid groups (broad SMARTS) is 1. The average molecular weight is 462 g/mol. The van der Waals surface area contributed by atoms with Gasteiger partial charge in [-0.1, -0.05) is 6.08 Å². The maximum atomic E-state index is 14.2. The molecular weight excluding hydrogens is 442 g/mol. The molecular formula is C23H20F4N3O3+. The Hall–Kier alpha value is -3.76. The van der Waals surface area contributed by atoms with Crippen LogP contribution in [0.3, 0.4) is 0 Å². The van der Waals surface area contributed by atoms with Gasteiger partial charge in [0.25, 0.3) is 0 Å². The fourth-order valence-corrected chi connectivity index (χ4v) is 3.47. The molecule has 3 aromatic rings. The molecule has 1 unspecified atom stereocenters. The van der Waals surface area contributed by atoms with E-state index in [1.165, 1.54) is 36.4 Å². The quantitative estimate of drug-likeness (QED) is 0.177. The predicted molar refractivity (Wildman–Crippen MR) is 113 cm³/mol. The normalized spacial score (nSPS) is 13.4. The number of quaternary nitrogens is 1. The van der Waals surface area contributed by atoms with Gasteiger partial charge < -0.3 is 20.2 Å². The maximum absolute atomic E-state index is 14.2. The molecule has 0 spiro atoms. The number of allylic oxidation sites excluding steroid dienone is 1. The highest BCUT2D eigenvalue weighted by atomic mass is 19.4. The van der Waals surface area contributed by atoms with Crippen molar-refractivity contribution in [2.45, 2.75) is 18.3 Å². The molecule has 172 valence electrons. The van der Waals surface area contributed by atoms with Crippen molar-refractivity contribution in [1.29, 1.82) is 5.41 Å². The number of aliphatic hydroxyl groups is 1. The van der Waals surface area contributed by atoms with Crippen LogP contribution in [0.2, 0.25) is 0 Å². The smallest absolute Gasteiger partial charge is 0.425 e. The number of aromatic nitrogens is 1. The third-order valence-corrected chi connectivity index (χ3v) is 5.12. The first-order chi connectivity index (χ1) is 15.5. The number of nitrogens with two attached hydrogens (primary N) is 1. The minimum atomic E-state index is -5.20. The lowest BCUT2D eigenvalue weighted by Gasteiger charge is -2.30. The Morgan fingerprint density at radius 1 is 1.12 bits per heavy atom. The Balaban J connectivity index is 2.12. The van der Waals surface area contributed by atoms with E-state index >= 15 is 0 Å². The third-order valence-electron chi connectivity index (χ3n) is 5.12. The van der Waals surface area contributed by atoms with E-state index in [4.69, 9.17) is 5.41 Å². The number of aromatic carboxylic acids is 1. The van der Waals surface area contributed by atoms with Crippen LogP contribution in [-0.2, 0) is 12.1 Å². The van der Waals surface area contributed by atoms with Gasteiger partial charge in [0.15, 0.2) is 0 Å². The summed E-state index contributed by atoms with van der Waals surface area (Å²) < 4.78 is 56.8. The molecule has 0 saturated heterocycles. The predicted octanol–water partition coefficient (Wildman–Crippen LogP) is 3.83. The first kappa shape index (κ1) is 23.9. The number of nitrogens with one attached hydrogen (secondary N) is 1. The van der Waals surface area contributed by atoms with Crippen LogP contribution < -0.4 is 5.32 Å². The Kier molecular flexibility index (Phi) is 6.52. The minimum absolute atomic E-state index is 0.0727. The summed E-state index contributed by atoms with van der Waals surface area (Å²) >= 11 is 0. The molecule has 5 N–H and O–H groups in total. The molecule has 3 rings (SSSR count). The van der Waals surface area contributed by atoms with E-state index in [2.05, 4.69) is 6.58 Å². The van der Waals surface area contributed by atoms with E-state index in [1.807, 2.05) is 0 Å². The van der Waals surface area contributed by atoms with Gasteiger partial charge in [0.1, 0.15) is 22.9 Å². The standard InChI is InChI=1S/C23H19F4N3O3/c1-2-9-30-13-16(11-20(30)21(31)32)22(33,23(25,26)27)15-3-8-19(14(10-15)12-28)29-18-6-4-17(24)5-7-18/h2-8,10-13,28-29,33H,1,9H2,(H,31,32)/p+1. The summed E-state index contributed by atoms with van der Waals surface area (Å²) in [6.07, 6.45) is -2.14. The molecule has 0 fully saturated rings. The second kappa shape index (κ2) is 9.00. The molecule has 0 aliphatic carbocycles. The van der Waals surface area contributed by atoms with E-state index < -0.39 is 40.4 Å². The highest BCUT2D eigenvalue weighted by Gasteiger charge is 2.57. The largest absolute Gasteiger partial charge is 0.477 e. The van der Waals surface area contributed by atoms with Crippen molar-refractivity contribution in [3.8, 4) is 0 Å². The second-order valence-electron chi connectivity index (χ2n) is 7.25. The molecule has 0 aliphatic heterocycles.